The van der Waals surface area contributed by atoms with E-state index in [-0.39, 0.29) is 24.8 Å². The van der Waals surface area contributed by atoms with Crippen LogP contribution in [0.15, 0.2) is 11.1 Å². The Labute approximate surface area is 133 Å². The summed E-state index contributed by atoms with van der Waals surface area (Å²) >= 11 is 0. The second-order valence-electron chi connectivity index (χ2n) is 5.22. The number of aromatic amines is 1. The third kappa shape index (κ3) is 4.75. The number of nitrogen functional groups attached to an aromatic ring is 1. The molecule has 9 nitrogen and oxygen atoms in total. The summed E-state index contributed by atoms with van der Waals surface area (Å²) in [7, 11) is 0. The van der Waals surface area contributed by atoms with Gasteiger partial charge in [-0.15, -0.1) is 0 Å². The molecule has 2 rings (SSSR count). The second-order valence-corrected chi connectivity index (χ2v) is 5.22. The monoisotopic (exact) mass is 325 g/mol. The number of hydrogen-bond donors (Lipinski definition) is 3. The van der Waals surface area contributed by atoms with Crippen LogP contribution >= 0.6 is 0 Å². The Bertz CT molecular complexity index is 669. The van der Waals surface area contributed by atoms with Gasteiger partial charge in [0.2, 0.25) is 5.95 Å². The first-order valence-electron chi connectivity index (χ1n) is 7.66. The van der Waals surface area contributed by atoms with Crippen LogP contribution in [0.3, 0.4) is 0 Å². The minimum atomic E-state index is -0.451. The second kappa shape index (κ2) is 8.61. The molecule has 0 saturated carbocycles. The number of imidazole rings is 1. The van der Waals surface area contributed by atoms with Crippen molar-refractivity contribution in [3.8, 4) is 0 Å². The molecular weight excluding hydrogens is 302 g/mol. The first-order valence-corrected chi connectivity index (χ1v) is 7.66. The molecule has 1 unspecified atom stereocenters. The maximum Gasteiger partial charge on any atom is 0.280 e. The fraction of sp³-hybridized carbons (Fsp3) is 0.643. The van der Waals surface area contributed by atoms with Crippen molar-refractivity contribution in [3.63, 3.8) is 0 Å². The van der Waals surface area contributed by atoms with Gasteiger partial charge in [-0.2, -0.15) is 4.98 Å². The van der Waals surface area contributed by atoms with Gasteiger partial charge in [0.25, 0.3) is 5.56 Å². The van der Waals surface area contributed by atoms with E-state index in [2.05, 4.69) is 21.9 Å². The number of H-pyrrole nitrogens is 1. The number of rotatable bonds is 10. The van der Waals surface area contributed by atoms with Crippen LogP contribution in [0.4, 0.5) is 5.95 Å². The van der Waals surface area contributed by atoms with E-state index in [0.29, 0.717) is 18.9 Å². The van der Waals surface area contributed by atoms with Crippen molar-refractivity contribution in [2.24, 2.45) is 0 Å². The first-order chi connectivity index (χ1) is 11.2. The highest BCUT2D eigenvalue weighted by Gasteiger charge is 2.12. The number of nitrogens with two attached hydrogens (primary N) is 1. The van der Waals surface area contributed by atoms with Crippen LogP contribution < -0.4 is 11.3 Å². The van der Waals surface area contributed by atoms with E-state index in [4.69, 9.17) is 15.2 Å². The molecule has 2 aromatic heterocycles. The summed E-state index contributed by atoms with van der Waals surface area (Å²) in [6.07, 6.45) is 4.24. The molecule has 9 heteroatoms. The maximum absolute atomic E-state index is 11.7. The number of aromatic nitrogens is 4. The normalized spacial score (nSPS) is 12.8. The van der Waals surface area contributed by atoms with Crippen LogP contribution in [0.2, 0.25) is 0 Å². The van der Waals surface area contributed by atoms with Crippen molar-refractivity contribution in [1.82, 2.24) is 19.5 Å². The lowest BCUT2D eigenvalue weighted by Crippen LogP contribution is -2.25. The van der Waals surface area contributed by atoms with Gasteiger partial charge in [-0.1, -0.05) is 19.8 Å². The number of nitrogens with zero attached hydrogens (tertiary/aromatic N) is 3. The molecule has 0 saturated heterocycles. The van der Waals surface area contributed by atoms with Crippen LogP contribution in [0.1, 0.15) is 26.2 Å². The third-order valence-corrected chi connectivity index (χ3v) is 3.34. The average Bonchev–Trinajstić information content (AvgIpc) is 2.93. The number of aliphatic hydroxyl groups is 1. The Hall–Kier alpha value is -1.97. The highest BCUT2D eigenvalue weighted by molar-refractivity contribution is 5.70. The standard InChI is InChI=1S/C14H23N5O4/c1-2-3-4-5-22-7-10(6-20)23-9-19-8-16-11-12(19)17-14(15)18-13(11)21/h8,10,20H,2-7,9H2,1H3,(H3,15,17,18,21). The summed E-state index contributed by atoms with van der Waals surface area (Å²) in [6, 6.07) is 0. The predicted octanol–water partition coefficient (Wildman–Crippen LogP) is 0.244. The molecule has 0 aliphatic rings. The summed E-state index contributed by atoms with van der Waals surface area (Å²) in [5.41, 5.74) is 5.67. The molecule has 1 atom stereocenters. The third-order valence-electron chi connectivity index (χ3n) is 3.34. The molecule has 0 bridgehead atoms. The zero-order chi connectivity index (χ0) is 16.7. The largest absolute Gasteiger partial charge is 0.394 e. The zero-order valence-electron chi connectivity index (χ0n) is 13.2. The van der Waals surface area contributed by atoms with Gasteiger partial charge in [0.1, 0.15) is 12.8 Å². The van der Waals surface area contributed by atoms with Crippen molar-refractivity contribution >= 4 is 17.1 Å². The first kappa shape index (κ1) is 17.4. The van der Waals surface area contributed by atoms with E-state index in [9.17, 15) is 9.90 Å². The molecule has 0 spiro atoms. The molecule has 128 valence electrons. The predicted molar refractivity (Wildman–Crippen MR) is 84.9 cm³/mol. The summed E-state index contributed by atoms with van der Waals surface area (Å²) in [6.45, 7) is 3.02. The average molecular weight is 325 g/mol. The van der Waals surface area contributed by atoms with Crippen LogP contribution in [0.25, 0.3) is 11.2 Å². The Morgan fingerprint density at radius 1 is 1.48 bits per heavy atom. The van der Waals surface area contributed by atoms with Gasteiger partial charge in [-0.25, -0.2) is 4.98 Å². The quantitative estimate of drug-likeness (QED) is 0.534. The smallest absolute Gasteiger partial charge is 0.280 e. The Morgan fingerprint density at radius 2 is 2.30 bits per heavy atom. The summed E-state index contributed by atoms with van der Waals surface area (Å²) in [5, 5.41) is 9.34. The molecule has 0 fully saturated rings. The molecule has 0 amide bonds. The van der Waals surface area contributed by atoms with Crippen LogP contribution in [0.5, 0.6) is 0 Å². The van der Waals surface area contributed by atoms with Gasteiger partial charge in [-0.05, 0) is 6.42 Å². The lowest BCUT2D eigenvalue weighted by atomic mass is 10.3. The van der Waals surface area contributed by atoms with Crippen LogP contribution in [0, 0.1) is 0 Å². The fourth-order valence-electron chi connectivity index (χ4n) is 2.07. The number of aliphatic hydroxyl groups excluding tert-OH is 1. The van der Waals surface area contributed by atoms with Crippen molar-refractivity contribution < 1.29 is 14.6 Å². The molecule has 2 aromatic rings. The number of hydrogen-bond acceptors (Lipinski definition) is 7. The van der Waals surface area contributed by atoms with E-state index in [0.717, 1.165) is 19.3 Å². The summed E-state index contributed by atoms with van der Waals surface area (Å²) < 4.78 is 12.6. The van der Waals surface area contributed by atoms with E-state index in [1.807, 2.05) is 0 Å². The topological polar surface area (TPSA) is 128 Å². The highest BCUT2D eigenvalue weighted by Crippen LogP contribution is 2.07. The number of unbranched alkanes of at least 4 members (excludes halogenated alkanes) is 2. The van der Waals surface area contributed by atoms with Crippen molar-refractivity contribution in [3.05, 3.63) is 16.7 Å². The minimum Gasteiger partial charge on any atom is -0.394 e. The fourth-order valence-corrected chi connectivity index (χ4v) is 2.07. The van der Waals surface area contributed by atoms with E-state index < -0.39 is 11.7 Å². The van der Waals surface area contributed by atoms with E-state index in [1.54, 1.807) is 4.57 Å². The number of fused-ring (bicyclic) bond motifs is 1. The van der Waals surface area contributed by atoms with Crippen LogP contribution in [-0.4, -0.2) is 50.6 Å². The van der Waals surface area contributed by atoms with Crippen molar-refractivity contribution in [2.75, 3.05) is 25.6 Å². The van der Waals surface area contributed by atoms with E-state index in [1.165, 1.54) is 6.33 Å². The molecule has 4 N–H and O–H groups in total. The van der Waals surface area contributed by atoms with Gasteiger partial charge < -0.3 is 20.3 Å². The summed E-state index contributed by atoms with van der Waals surface area (Å²) in [4.78, 5) is 22.1. The lowest BCUT2D eigenvalue weighted by molar-refractivity contribution is -0.0668. The minimum absolute atomic E-state index is 0.0159. The summed E-state index contributed by atoms with van der Waals surface area (Å²) in [5.74, 6) is 0.0159. The lowest BCUT2D eigenvalue weighted by Gasteiger charge is -2.16. The SMILES string of the molecule is CCCCCOCC(CO)OCn1cnc2c(=O)[nH]c(N)nc21. The molecule has 23 heavy (non-hydrogen) atoms. The molecule has 0 radical (unpaired) electrons. The Kier molecular flexibility index (Phi) is 6.51. The highest BCUT2D eigenvalue weighted by atomic mass is 16.5. The van der Waals surface area contributed by atoms with Gasteiger partial charge in [0.15, 0.2) is 11.2 Å². The van der Waals surface area contributed by atoms with Crippen molar-refractivity contribution in [1.29, 1.82) is 0 Å². The number of ether oxygens (including phenoxy) is 2. The molecule has 2 heterocycles. The van der Waals surface area contributed by atoms with E-state index >= 15 is 0 Å². The molecule has 0 aliphatic carbocycles. The molecule has 0 aromatic carbocycles. The van der Waals surface area contributed by atoms with Crippen molar-refractivity contribution in [2.45, 2.75) is 39.0 Å². The van der Waals surface area contributed by atoms with Crippen LogP contribution in [-0.2, 0) is 16.2 Å². The van der Waals surface area contributed by atoms with Gasteiger partial charge in [-0.3, -0.25) is 14.3 Å². The van der Waals surface area contributed by atoms with Gasteiger partial charge in [0, 0.05) is 6.61 Å². The van der Waals surface area contributed by atoms with Gasteiger partial charge >= 0.3 is 0 Å². The maximum atomic E-state index is 11.7. The molecular formula is C14H23N5O4. The number of anilines is 1. The van der Waals surface area contributed by atoms with Gasteiger partial charge in [0.05, 0.1) is 19.5 Å². The Balaban J connectivity index is 1.90. The molecule has 0 aliphatic heterocycles. The Morgan fingerprint density at radius 3 is 3.04 bits per heavy atom. The zero-order valence-corrected chi connectivity index (χ0v) is 13.2. The number of nitrogens with one attached hydrogen (secondary N) is 1.